The highest BCUT2D eigenvalue weighted by atomic mass is 127. The number of nitriles is 1. The number of fused-ring (bicyclic) bond motifs is 3. The Kier molecular flexibility index (Phi) is 6.41. The summed E-state index contributed by atoms with van der Waals surface area (Å²) in [4.78, 5) is 41.0. The molecule has 0 aromatic rings. The van der Waals surface area contributed by atoms with Crippen molar-refractivity contribution in [1.29, 1.82) is 5.26 Å². The minimum Gasteiger partial charge on any atom is -0.512 e. The number of allylic oxidation sites excluding steroid dienone is 7. The monoisotopic (exact) mass is 593 g/mol. The molecule has 0 aromatic carbocycles. The van der Waals surface area contributed by atoms with Gasteiger partial charge in [-0.1, -0.05) is 0 Å². The van der Waals surface area contributed by atoms with E-state index in [0.29, 0.717) is 12.0 Å². The van der Waals surface area contributed by atoms with Crippen LogP contribution in [0.1, 0.15) is 25.7 Å². The molecule has 10 nitrogen and oxygen atoms in total. The zero-order valence-corrected chi connectivity index (χ0v) is 21.2. The van der Waals surface area contributed by atoms with E-state index in [4.69, 9.17) is 14.1 Å². The van der Waals surface area contributed by atoms with Gasteiger partial charge < -0.3 is 21.1 Å². The maximum atomic E-state index is 13.7. The zero-order chi connectivity index (χ0) is 25.8. The predicted octanol–water partition coefficient (Wildman–Crippen LogP) is 2.31. The quantitative estimate of drug-likeness (QED) is 0.217. The van der Waals surface area contributed by atoms with Crippen molar-refractivity contribution in [3.63, 3.8) is 0 Å². The molecular weight excluding hydrogens is 569 g/mol. The van der Waals surface area contributed by atoms with E-state index in [-0.39, 0.29) is 36.2 Å². The third-order valence-electron chi connectivity index (χ3n) is 7.37. The van der Waals surface area contributed by atoms with E-state index in [1.54, 1.807) is 25.1 Å². The molecule has 0 heterocycles. The van der Waals surface area contributed by atoms with Crippen LogP contribution in [-0.4, -0.2) is 63.4 Å². The topological polar surface area (TPSA) is 174 Å². The molecule has 184 valence electrons. The largest absolute Gasteiger partial charge is 0.512 e. The van der Waals surface area contributed by atoms with Crippen molar-refractivity contribution < 1.29 is 32.8 Å². The van der Waals surface area contributed by atoms with Gasteiger partial charge >= 0.3 is 0 Å². The fourth-order valence-corrected chi connectivity index (χ4v) is 6.68. The van der Waals surface area contributed by atoms with E-state index >= 15 is 0 Å². The number of primary amides is 1. The molecular formula is C24H24IN3O7. The summed E-state index contributed by atoms with van der Waals surface area (Å²) in [6.07, 6.45) is 3.99. The summed E-state index contributed by atoms with van der Waals surface area (Å²) in [5.74, 6) is -5.50. The lowest BCUT2D eigenvalue weighted by Gasteiger charge is -2.51. The van der Waals surface area contributed by atoms with Crippen molar-refractivity contribution in [2.45, 2.75) is 37.3 Å². The van der Waals surface area contributed by atoms with Crippen LogP contribution < -0.4 is 5.73 Å². The standard InChI is InChI=1S/C24H24IN3O7/c1-28(2)18-13-9-11-8-12-10(4-3-7-26)5-6-14(29)16(12)19(30)15(11)21(32)24(13,35-25)22(33)17(20(18)31)23(27)34/h3-4,11,13,18,29,31-32H,5-6,8-9H2,1-2H3,(H2,27,34)/b4-3+/t11-,13?,18?,24?/m0/s1. The van der Waals surface area contributed by atoms with E-state index < -0.39 is 58.0 Å². The van der Waals surface area contributed by atoms with Gasteiger partial charge in [0.15, 0.2) is 5.78 Å². The number of nitrogens with two attached hydrogens (primary N) is 1. The van der Waals surface area contributed by atoms with E-state index in [1.165, 1.54) is 29.1 Å². The van der Waals surface area contributed by atoms with Gasteiger partial charge in [-0.15, -0.1) is 0 Å². The van der Waals surface area contributed by atoms with E-state index in [9.17, 15) is 29.7 Å². The highest BCUT2D eigenvalue weighted by Crippen LogP contribution is 2.56. The van der Waals surface area contributed by atoms with Crippen LogP contribution in [0.2, 0.25) is 0 Å². The zero-order valence-electron chi connectivity index (χ0n) is 19.0. The summed E-state index contributed by atoms with van der Waals surface area (Å²) in [6.45, 7) is 0. The molecule has 0 saturated heterocycles. The molecule has 0 aliphatic heterocycles. The molecule has 5 N–H and O–H groups in total. The van der Waals surface area contributed by atoms with E-state index in [0.717, 1.165) is 5.57 Å². The third kappa shape index (κ3) is 3.46. The molecule has 3 unspecified atom stereocenters. The lowest BCUT2D eigenvalue weighted by molar-refractivity contribution is -0.140. The van der Waals surface area contributed by atoms with Crippen LogP contribution in [0.4, 0.5) is 0 Å². The van der Waals surface area contributed by atoms with E-state index in [1.807, 2.05) is 6.07 Å². The van der Waals surface area contributed by atoms with Gasteiger partial charge in [0.25, 0.3) is 5.91 Å². The number of halogens is 1. The molecule has 1 amide bonds. The number of carbonyl (C=O) groups excluding carboxylic acids is 3. The number of hydrogen-bond donors (Lipinski definition) is 4. The Bertz CT molecular complexity index is 1250. The minimum absolute atomic E-state index is 0.0506. The number of amides is 1. The lowest BCUT2D eigenvalue weighted by Crippen LogP contribution is -2.64. The van der Waals surface area contributed by atoms with Crippen molar-refractivity contribution in [3.05, 3.63) is 57.3 Å². The van der Waals surface area contributed by atoms with Crippen LogP contribution in [0.5, 0.6) is 0 Å². The average molecular weight is 593 g/mol. The third-order valence-corrected chi connectivity index (χ3v) is 8.07. The van der Waals surface area contributed by atoms with Crippen LogP contribution in [0, 0.1) is 23.2 Å². The molecule has 0 aromatic heterocycles. The number of rotatable bonds is 4. The number of likely N-dealkylation sites (N-methyl/N-ethyl adjacent to an activating group) is 1. The smallest absolute Gasteiger partial charge is 0.255 e. The number of carbonyl (C=O) groups is 3. The molecule has 0 radical (unpaired) electrons. The first-order chi connectivity index (χ1) is 16.5. The Hall–Kier alpha value is -2.95. The Morgan fingerprint density at radius 3 is 2.54 bits per heavy atom. The minimum atomic E-state index is -2.12. The van der Waals surface area contributed by atoms with Crippen LogP contribution in [0.15, 0.2) is 57.3 Å². The first-order valence-electron chi connectivity index (χ1n) is 11.0. The predicted molar refractivity (Wildman–Crippen MR) is 131 cm³/mol. The average Bonchev–Trinajstić information content (AvgIpc) is 2.78. The molecule has 4 atom stereocenters. The molecule has 0 bridgehead atoms. The molecule has 4 aliphatic rings. The number of ketones is 2. The highest BCUT2D eigenvalue weighted by Gasteiger charge is 2.65. The van der Waals surface area contributed by atoms with Gasteiger partial charge in [-0.25, -0.2) is 0 Å². The fraction of sp³-hybridized carbons (Fsp3) is 0.417. The molecule has 4 aliphatic carbocycles. The van der Waals surface area contributed by atoms with Gasteiger partial charge in [-0.3, -0.25) is 22.3 Å². The molecule has 35 heavy (non-hydrogen) atoms. The van der Waals surface area contributed by atoms with Crippen LogP contribution in [0.3, 0.4) is 0 Å². The second kappa shape index (κ2) is 8.92. The molecule has 0 spiro atoms. The molecule has 1 saturated carbocycles. The fourth-order valence-electron chi connectivity index (χ4n) is 5.94. The van der Waals surface area contributed by atoms with Gasteiger partial charge in [-0.05, 0) is 56.5 Å². The number of aliphatic hydroxyl groups is 3. The summed E-state index contributed by atoms with van der Waals surface area (Å²) in [6, 6.07) is 1.02. The summed E-state index contributed by atoms with van der Waals surface area (Å²) in [5, 5.41) is 41.9. The molecule has 11 heteroatoms. The van der Waals surface area contributed by atoms with Crippen molar-refractivity contribution >= 4 is 40.5 Å². The van der Waals surface area contributed by atoms with Crippen molar-refractivity contribution in [2.75, 3.05) is 14.1 Å². The first kappa shape index (κ1) is 25.2. The van der Waals surface area contributed by atoms with Crippen LogP contribution in [-0.2, 0) is 17.4 Å². The number of aliphatic hydroxyl groups excluding tert-OH is 3. The highest BCUT2D eigenvalue weighted by molar-refractivity contribution is 14.1. The lowest BCUT2D eigenvalue weighted by atomic mass is 9.57. The number of nitrogens with zero attached hydrogens (tertiary/aromatic N) is 2. The Balaban J connectivity index is 1.98. The summed E-state index contributed by atoms with van der Waals surface area (Å²) < 4.78 is 5.59. The van der Waals surface area contributed by atoms with Crippen molar-refractivity contribution in [1.82, 2.24) is 4.90 Å². The SMILES string of the molecule is CN(C)C1C(O)=C(C(N)=O)C(=O)C2(OI)C(O)=C3C(=O)C4=C(O)CCC(/C=C/C#N)=C4C[C@H]3CC12. The van der Waals surface area contributed by atoms with Crippen LogP contribution in [0.25, 0.3) is 0 Å². The summed E-state index contributed by atoms with van der Waals surface area (Å²) in [5.41, 5.74) is 3.93. The van der Waals surface area contributed by atoms with Gasteiger partial charge in [0.1, 0.15) is 45.9 Å². The van der Waals surface area contributed by atoms with E-state index in [2.05, 4.69) is 0 Å². The number of hydrogen-bond acceptors (Lipinski definition) is 9. The maximum Gasteiger partial charge on any atom is 0.255 e. The van der Waals surface area contributed by atoms with Crippen molar-refractivity contribution in [2.24, 2.45) is 17.6 Å². The second-order valence-corrected chi connectivity index (χ2v) is 9.74. The Labute approximate surface area is 215 Å². The maximum absolute atomic E-state index is 13.7. The number of Topliss-reactive ketones (excluding diaryl/α,β-unsaturated/α-hetero) is 2. The van der Waals surface area contributed by atoms with Gasteiger partial charge in [0.2, 0.25) is 11.4 Å². The summed E-state index contributed by atoms with van der Waals surface area (Å²) >= 11 is 1.45. The van der Waals surface area contributed by atoms with Gasteiger partial charge in [0, 0.05) is 24.0 Å². The van der Waals surface area contributed by atoms with Gasteiger partial charge in [0.05, 0.1) is 17.7 Å². The van der Waals surface area contributed by atoms with Crippen LogP contribution >= 0.6 is 23.0 Å². The van der Waals surface area contributed by atoms with Crippen molar-refractivity contribution in [3.8, 4) is 6.07 Å². The molecule has 1 fully saturated rings. The first-order valence-corrected chi connectivity index (χ1v) is 11.8. The second-order valence-electron chi connectivity index (χ2n) is 9.30. The Morgan fingerprint density at radius 1 is 1.29 bits per heavy atom. The normalized spacial score (nSPS) is 31.1. The Morgan fingerprint density at radius 2 is 1.97 bits per heavy atom. The molecule has 4 rings (SSSR count). The summed E-state index contributed by atoms with van der Waals surface area (Å²) in [7, 11) is 3.28. The van der Waals surface area contributed by atoms with Gasteiger partial charge in [-0.2, -0.15) is 5.26 Å².